The maximum Gasteiger partial charge on any atom is 0.317 e. The van der Waals surface area contributed by atoms with Crippen molar-refractivity contribution in [1.82, 2.24) is 14.7 Å². The van der Waals surface area contributed by atoms with E-state index in [1.807, 2.05) is 10.9 Å². The molecule has 2 aliphatic rings. The van der Waals surface area contributed by atoms with Gasteiger partial charge in [0.05, 0.1) is 17.8 Å². The lowest BCUT2D eigenvalue weighted by molar-refractivity contribution is 0.100. The average molecular weight is 374 g/mol. The fourth-order valence-electron chi connectivity index (χ4n) is 3.83. The normalized spacial score (nSPS) is 16.3. The molecule has 5 N–H and O–H groups in total. The second kappa shape index (κ2) is 6.73. The third kappa shape index (κ3) is 3.08. The maximum atomic E-state index is 11.9. The van der Waals surface area contributed by atoms with Crippen molar-refractivity contribution >= 4 is 28.3 Å². The van der Waals surface area contributed by atoms with Crippen LogP contribution in [-0.4, -0.2) is 46.3 Å². The van der Waals surface area contributed by atoms with E-state index in [1.54, 1.807) is 0 Å². The molecule has 3 amide bonds. The van der Waals surface area contributed by atoms with Crippen molar-refractivity contribution < 1.29 is 9.59 Å². The predicted octanol–water partition coefficient (Wildman–Crippen LogP) is 1.40. The van der Waals surface area contributed by atoms with Crippen molar-refractivity contribution in [3.8, 4) is 10.4 Å². The van der Waals surface area contributed by atoms with Gasteiger partial charge in [0.25, 0.3) is 5.91 Å². The molecule has 3 heterocycles. The molecule has 0 unspecified atom stereocenters. The van der Waals surface area contributed by atoms with Gasteiger partial charge >= 0.3 is 6.03 Å². The number of rotatable bonds is 5. The highest BCUT2D eigenvalue weighted by atomic mass is 32.1. The van der Waals surface area contributed by atoms with Crippen molar-refractivity contribution in [2.45, 2.75) is 32.2 Å². The van der Waals surface area contributed by atoms with Crippen LogP contribution in [0, 0.1) is 0 Å². The quantitative estimate of drug-likeness (QED) is 0.732. The highest BCUT2D eigenvalue weighted by molar-refractivity contribution is 7.20. The summed E-state index contributed by atoms with van der Waals surface area (Å²) in [7, 11) is 0. The van der Waals surface area contributed by atoms with Crippen molar-refractivity contribution in [2.24, 2.45) is 11.5 Å². The Morgan fingerprint density at radius 1 is 1.19 bits per heavy atom. The van der Waals surface area contributed by atoms with E-state index in [4.69, 9.17) is 16.6 Å². The van der Waals surface area contributed by atoms with Crippen LogP contribution in [0.5, 0.6) is 0 Å². The number of anilines is 1. The van der Waals surface area contributed by atoms with E-state index in [1.165, 1.54) is 37.3 Å². The molecule has 0 aromatic carbocycles. The zero-order valence-electron chi connectivity index (χ0n) is 14.5. The van der Waals surface area contributed by atoms with Crippen molar-refractivity contribution in [2.75, 3.05) is 25.0 Å². The van der Waals surface area contributed by atoms with Crippen LogP contribution in [0.1, 0.15) is 34.5 Å². The Balaban J connectivity index is 1.63. The second-order valence-electron chi connectivity index (χ2n) is 6.77. The number of thiophene rings is 1. The SMILES string of the molecule is NC(=O)Nc1sc2c(c1C(N)=O)CCc1nn(CCN3CCCC3)cc1-2. The molecule has 1 saturated heterocycles. The minimum Gasteiger partial charge on any atom is -0.365 e. The van der Waals surface area contributed by atoms with Crippen LogP contribution in [0.25, 0.3) is 10.4 Å². The first kappa shape index (κ1) is 17.0. The zero-order chi connectivity index (χ0) is 18.3. The van der Waals surface area contributed by atoms with Crippen LogP contribution >= 0.6 is 11.3 Å². The number of nitrogens with one attached hydrogen (secondary N) is 1. The summed E-state index contributed by atoms with van der Waals surface area (Å²) in [4.78, 5) is 26.6. The summed E-state index contributed by atoms with van der Waals surface area (Å²) in [5, 5.41) is 7.68. The summed E-state index contributed by atoms with van der Waals surface area (Å²) in [5.74, 6) is -0.545. The van der Waals surface area contributed by atoms with E-state index in [9.17, 15) is 9.59 Å². The third-order valence-corrected chi connectivity index (χ3v) is 6.21. The molecule has 0 radical (unpaired) electrons. The first-order chi connectivity index (χ1) is 12.5. The lowest BCUT2D eigenvalue weighted by atomic mass is 9.94. The molecule has 8 nitrogen and oxygen atoms in total. The number of carbonyl (C=O) groups is 2. The van der Waals surface area contributed by atoms with E-state index in [0.717, 1.165) is 41.2 Å². The highest BCUT2D eigenvalue weighted by Gasteiger charge is 2.29. The molecule has 4 rings (SSSR count). The Bertz CT molecular complexity index is 865. The van der Waals surface area contributed by atoms with Gasteiger partial charge in [-0.2, -0.15) is 5.10 Å². The first-order valence-corrected chi connectivity index (χ1v) is 9.65. The summed E-state index contributed by atoms with van der Waals surface area (Å²) >= 11 is 1.34. The molecule has 26 heavy (non-hydrogen) atoms. The fraction of sp³-hybridized carbons (Fsp3) is 0.471. The number of nitrogens with zero attached hydrogens (tertiary/aromatic N) is 3. The average Bonchev–Trinajstić information content (AvgIpc) is 3.29. The molecule has 2 aromatic rings. The van der Waals surface area contributed by atoms with Crippen LogP contribution in [0.2, 0.25) is 0 Å². The lowest BCUT2D eigenvalue weighted by Gasteiger charge is -2.13. The summed E-state index contributed by atoms with van der Waals surface area (Å²) in [6.07, 6.45) is 6.03. The Hall–Kier alpha value is -2.39. The molecular formula is C17H22N6O2S. The molecule has 9 heteroatoms. The largest absolute Gasteiger partial charge is 0.365 e. The monoisotopic (exact) mass is 374 g/mol. The van der Waals surface area contributed by atoms with Crippen LogP contribution in [0.3, 0.4) is 0 Å². The third-order valence-electron chi connectivity index (χ3n) is 5.03. The molecule has 1 aliphatic carbocycles. The van der Waals surface area contributed by atoms with Crippen molar-refractivity contribution in [3.05, 3.63) is 23.0 Å². The molecule has 0 bridgehead atoms. The minimum atomic E-state index is -0.701. The van der Waals surface area contributed by atoms with Crippen LogP contribution in [0.15, 0.2) is 6.20 Å². The topological polar surface area (TPSA) is 119 Å². The van der Waals surface area contributed by atoms with Crippen molar-refractivity contribution in [3.63, 3.8) is 0 Å². The van der Waals surface area contributed by atoms with Gasteiger partial charge in [-0.3, -0.25) is 14.8 Å². The number of aryl methyl sites for hydroxylation is 1. The van der Waals surface area contributed by atoms with Crippen LogP contribution in [0.4, 0.5) is 9.80 Å². The standard InChI is InChI=1S/C17H22N6O2S/c18-15(24)13-10-3-4-12-11(14(10)26-16(13)20-17(19)25)9-23(21-12)8-7-22-5-1-2-6-22/h9H,1-8H2,(H2,18,24)(H3,19,20,25). The van der Waals surface area contributed by atoms with Gasteiger partial charge in [-0.25, -0.2) is 4.79 Å². The smallest absolute Gasteiger partial charge is 0.317 e. The van der Waals surface area contributed by atoms with Gasteiger partial charge in [0.1, 0.15) is 5.00 Å². The summed E-state index contributed by atoms with van der Waals surface area (Å²) in [6.45, 7) is 4.18. The second-order valence-corrected chi connectivity index (χ2v) is 7.79. The number of primary amides is 2. The lowest BCUT2D eigenvalue weighted by Crippen LogP contribution is -2.24. The highest BCUT2D eigenvalue weighted by Crippen LogP contribution is 2.44. The summed E-state index contributed by atoms with van der Waals surface area (Å²) in [6, 6.07) is -0.701. The van der Waals surface area contributed by atoms with Gasteiger partial charge in [0.2, 0.25) is 0 Å². The van der Waals surface area contributed by atoms with Gasteiger partial charge in [0.15, 0.2) is 0 Å². The number of hydrogen-bond acceptors (Lipinski definition) is 5. The number of carbonyl (C=O) groups excluding carboxylic acids is 2. The first-order valence-electron chi connectivity index (χ1n) is 8.84. The summed E-state index contributed by atoms with van der Waals surface area (Å²) in [5.41, 5.74) is 14.1. The number of urea groups is 1. The van der Waals surface area contributed by atoms with Gasteiger partial charge in [-0.05, 0) is 44.3 Å². The van der Waals surface area contributed by atoms with Crippen LogP contribution < -0.4 is 16.8 Å². The minimum absolute atomic E-state index is 0.374. The molecule has 138 valence electrons. The molecule has 1 fully saturated rings. The number of aromatic nitrogens is 2. The van der Waals surface area contributed by atoms with E-state index in [2.05, 4.69) is 10.2 Å². The Kier molecular flexibility index (Phi) is 4.41. The Morgan fingerprint density at radius 2 is 1.96 bits per heavy atom. The predicted molar refractivity (Wildman–Crippen MR) is 100 cm³/mol. The number of hydrogen-bond donors (Lipinski definition) is 3. The van der Waals surface area contributed by atoms with E-state index >= 15 is 0 Å². The van der Waals surface area contributed by atoms with E-state index < -0.39 is 11.9 Å². The van der Waals surface area contributed by atoms with Crippen molar-refractivity contribution in [1.29, 1.82) is 0 Å². The summed E-state index contributed by atoms with van der Waals surface area (Å²) < 4.78 is 1.99. The van der Waals surface area contributed by atoms with Gasteiger partial charge < -0.3 is 16.4 Å². The van der Waals surface area contributed by atoms with E-state index in [0.29, 0.717) is 17.0 Å². The number of nitrogens with two attached hydrogens (primary N) is 2. The molecule has 1 aliphatic heterocycles. The number of fused-ring (bicyclic) bond motifs is 3. The van der Waals surface area contributed by atoms with Crippen LogP contribution in [-0.2, 0) is 19.4 Å². The molecule has 0 spiro atoms. The molecule has 0 saturated carbocycles. The van der Waals surface area contributed by atoms with Gasteiger partial charge in [-0.1, -0.05) is 0 Å². The zero-order valence-corrected chi connectivity index (χ0v) is 15.3. The number of likely N-dealkylation sites (tertiary alicyclic amines) is 1. The molecule has 0 atom stereocenters. The maximum absolute atomic E-state index is 11.9. The van der Waals surface area contributed by atoms with Gasteiger partial charge in [0, 0.05) is 23.2 Å². The Morgan fingerprint density at radius 3 is 2.65 bits per heavy atom. The van der Waals surface area contributed by atoms with Gasteiger partial charge in [-0.15, -0.1) is 11.3 Å². The molecular weight excluding hydrogens is 352 g/mol. The molecule has 2 aromatic heterocycles. The van der Waals surface area contributed by atoms with E-state index in [-0.39, 0.29) is 0 Å². The number of amides is 3. The Labute approximate surface area is 155 Å². The fourth-order valence-corrected chi connectivity index (χ4v) is 5.11.